The van der Waals surface area contributed by atoms with Crippen molar-refractivity contribution in [1.29, 1.82) is 0 Å². The lowest BCUT2D eigenvalue weighted by atomic mass is 9.90. The number of hydrogen-bond donors (Lipinski definition) is 1. The van der Waals surface area contributed by atoms with E-state index < -0.39 is 24.1 Å². The summed E-state index contributed by atoms with van der Waals surface area (Å²) in [5.74, 6) is 0.0473. The summed E-state index contributed by atoms with van der Waals surface area (Å²) in [4.78, 5) is 45.3. The molecule has 1 atom stereocenters. The van der Waals surface area contributed by atoms with Gasteiger partial charge in [0.2, 0.25) is 0 Å². The lowest BCUT2D eigenvalue weighted by molar-refractivity contribution is -0.152. The monoisotopic (exact) mass is 372 g/mol. The second-order valence-electron chi connectivity index (χ2n) is 7.31. The zero-order chi connectivity index (χ0) is 18.8. The Morgan fingerprint density at radius 3 is 2.56 bits per heavy atom. The first-order valence-electron chi connectivity index (χ1n) is 9.49. The summed E-state index contributed by atoms with van der Waals surface area (Å²) >= 11 is 0. The third-order valence-electron chi connectivity index (χ3n) is 5.56. The minimum atomic E-state index is -0.623. The number of rotatable bonds is 3. The molecule has 1 aromatic rings. The maximum atomic E-state index is 12.4. The number of hydroxylamine groups is 2. The molecular formula is C19H24N4O4. The largest absolute Gasteiger partial charge is 0.434 e. The van der Waals surface area contributed by atoms with E-state index in [0.717, 1.165) is 19.3 Å². The van der Waals surface area contributed by atoms with E-state index >= 15 is 0 Å². The average Bonchev–Trinajstić information content (AvgIpc) is 2.94. The van der Waals surface area contributed by atoms with Crippen LogP contribution in [0.4, 0.5) is 9.59 Å². The maximum absolute atomic E-state index is 12.4. The van der Waals surface area contributed by atoms with Gasteiger partial charge >= 0.3 is 12.1 Å². The molecule has 8 heteroatoms. The molecule has 0 radical (unpaired) electrons. The van der Waals surface area contributed by atoms with Crippen molar-refractivity contribution in [3.63, 3.8) is 0 Å². The Balaban J connectivity index is 1.29. The molecule has 0 aliphatic carbocycles. The van der Waals surface area contributed by atoms with Crippen LogP contribution in [0.5, 0.6) is 0 Å². The van der Waals surface area contributed by atoms with E-state index in [9.17, 15) is 14.4 Å². The Bertz CT molecular complexity index is 694. The van der Waals surface area contributed by atoms with E-state index in [1.165, 1.54) is 10.5 Å². The van der Waals surface area contributed by atoms with Gasteiger partial charge in [0.15, 0.2) is 0 Å². The highest BCUT2D eigenvalue weighted by molar-refractivity contribution is 6.04. The van der Waals surface area contributed by atoms with Gasteiger partial charge in [0.1, 0.15) is 6.04 Å². The second-order valence-corrected chi connectivity index (χ2v) is 7.31. The molecule has 4 amide bonds. The lowest BCUT2D eigenvalue weighted by Gasteiger charge is -2.31. The Hall–Kier alpha value is -2.61. The summed E-state index contributed by atoms with van der Waals surface area (Å²) < 4.78 is 0. The smallest absolute Gasteiger partial charge is 0.312 e. The quantitative estimate of drug-likeness (QED) is 0.807. The Morgan fingerprint density at radius 1 is 1.11 bits per heavy atom. The molecule has 1 aromatic carbocycles. The van der Waals surface area contributed by atoms with Gasteiger partial charge in [0.05, 0.1) is 0 Å². The second kappa shape index (κ2) is 7.56. The first kappa shape index (κ1) is 17.8. The van der Waals surface area contributed by atoms with Gasteiger partial charge in [-0.2, -0.15) is 0 Å². The Kier molecular flexibility index (Phi) is 4.98. The first-order valence-corrected chi connectivity index (χ1v) is 9.49. The summed E-state index contributed by atoms with van der Waals surface area (Å²) in [7, 11) is 0. The van der Waals surface area contributed by atoms with Gasteiger partial charge < -0.3 is 20.0 Å². The van der Waals surface area contributed by atoms with E-state index in [1.807, 2.05) is 18.2 Å². The van der Waals surface area contributed by atoms with Crippen LogP contribution in [0.3, 0.4) is 0 Å². The van der Waals surface area contributed by atoms with Crippen LogP contribution in [-0.4, -0.2) is 71.7 Å². The SMILES string of the molecule is O=C(ON1C(=O)C2CNCCN2C1=O)N1CCC(Cc2ccccc2)CC1. The highest BCUT2D eigenvalue weighted by Crippen LogP contribution is 2.24. The van der Waals surface area contributed by atoms with Crippen LogP contribution < -0.4 is 5.32 Å². The van der Waals surface area contributed by atoms with Crippen molar-refractivity contribution in [2.75, 3.05) is 32.7 Å². The number of benzene rings is 1. The third kappa shape index (κ3) is 3.62. The maximum Gasteiger partial charge on any atom is 0.434 e. The van der Waals surface area contributed by atoms with Crippen LogP contribution in [0.2, 0.25) is 0 Å². The number of nitrogens with one attached hydrogen (secondary N) is 1. The summed E-state index contributed by atoms with van der Waals surface area (Å²) in [6.07, 6.45) is 2.13. The van der Waals surface area contributed by atoms with E-state index in [2.05, 4.69) is 17.4 Å². The molecular weight excluding hydrogens is 348 g/mol. The summed E-state index contributed by atoms with van der Waals surface area (Å²) in [6, 6.07) is 9.20. The van der Waals surface area contributed by atoms with Gasteiger partial charge in [-0.3, -0.25) is 4.79 Å². The standard InChI is InChI=1S/C19H24N4O4/c24-17-16-13-20-8-11-22(16)18(25)23(17)27-19(26)21-9-6-15(7-10-21)12-14-4-2-1-3-5-14/h1-5,15-16,20H,6-13H2. The minimum absolute atomic E-state index is 0.392. The van der Waals surface area contributed by atoms with E-state index in [-0.39, 0.29) is 0 Å². The number of amides is 4. The topological polar surface area (TPSA) is 82.2 Å². The molecule has 3 heterocycles. The van der Waals surface area contributed by atoms with E-state index in [1.54, 1.807) is 4.90 Å². The van der Waals surface area contributed by atoms with Crippen molar-refractivity contribution in [2.24, 2.45) is 5.92 Å². The number of imide groups is 1. The molecule has 144 valence electrons. The molecule has 0 aromatic heterocycles. The molecule has 3 fully saturated rings. The number of carbonyl (C=O) groups is 3. The number of fused-ring (bicyclic) bond motifs is 1. The molecule has 0 saturated carbocycles. The number of piperazine rings is 1. The van der Waals surface area contributed by atoms with Gasteiger partial charge in [-0.25, -0.2) is 9.59 Å². The number of likely N-dealkylation sites (tertiary alicyclic amines) is 1. The van der Waals surface area contributed by atoms with Crippen LogP contribution in [-0.2, 0) is 16.1 Å². The summed E-state index contributed by atoms with van der Waals surface area (Å²) in [5, 5.41) is 3.71. The molecule has 3 saturated heterocycles. The number of carbonyl (C=O) groups excluding carboxylic acids is 3. The lowest BCUT2D eigenvalue weighted by Crippen LogP contribution is -2.51. The molecule has 0 spiro atoms. The highest BCUT2D eigenvalue weighted by atomic mass is 16.7. The van der Waals surface area contributed by atoms with Crippen LogP contribution in [0, 0.1) is 5.92 Å². The zero-order valence-corrected chi connectivity index (χ0v) is 15.2. The van der Waals surface area contributed by atoms with Gasteiger partial charge in [-0.15, -0.1) is 0 Å². The first-order chi connectivity index (χ1) is 13.1. The van der Waals surface area contributed by atoms with Crippen LogP contribution >= 0.6 is 0 Å². The summed E-state index contributed by atoms with van der Waals surface area (Å²) in [5.41, 5.74) is 1.30. The van der Waals surface area contributed by atoms with Crippen molar-refractivity contribution in [2.45, 2.75) is 25.3 Å². The summed E-state index contributed by atoms with van der Waals surface area (Å²) in [6.45, 7) is 2.60. The number of piperidine rings is 1. The van der Waals surface area contributed by atoms with E-state index in [4.69, 9.17) is 4.84 Å². The van der Waals surface area contributed by atoms with Crippen LogP contribution in [0.25, 0.3) is 0 Å². The van der Waals surface area contributed by atoms with Gasteiger partial charge in [-0.1, -0.05) is 35.4 Å². The third-order valence-corrected chi connectivity index (χ3v) is 5.56. The van der Waals surface area contributed by atoms with Crippen molar-refractivity contribution in [3.8, 4) is 0 Å². The van der Waals surface area contributed by atoms with Crippen molar-refractivity contribution < 1.29 is 19.2 Å². The van der Waals surface area contributed by atoms with Crippen molar-refractivity contribution in [1.82, 2.24) is 20.2 Å². The van der Waals surface area contributed by atoms with Crippen molar-refractivity contribution in [3.05, 3.63) is 35.9 Å². The predicted molar refractivity (Wildman–Crippen MR) is 96.5 cm³/mol. The van der Waals surface area contributed by atoms with Gasteiger partial charge in [0.25, 0.3) is 5.91 Å². The Labute approximate surface area is 158 Å². The molecule has 3 aliphatic rings. The van der Waals surface area contributed by atoms with Crippen LogP contribution in [0.15, 0.2) is 30.3 Å². The van der Waals surface area contributed by atoms with E-state index in [0.29, 0.717) is 43.7 Å². The molecule has 1 unspecified atom stereocenters. The average molecular weight is 372 g/mol. The molecule has 3 aliphatic heterocycles. The fourth-order valence-corrected chi connectivity index (χ4v) is 3.99. The highest BCUT2D eigenvalue weighted by Gasteiger charge is 2.49. The fraction of sp³-hybridized carbons (Fsp3) is 0.526. The molecule has 8 nitrogen and oxygen atoms in total. The molecule has 27 heavy (non-hydrogen) atoms. The fourth-order valence-electron chi connectivity index (χ4n) is 3.99. The van der Waals surface area contributed by atoms with Gasteiger partial charge in [0, 0.05) is 32.7 Å². The van der Waals surface area contributed by atoms with Crippen molar-refractivity contribution >= 4 is 18.0 Å². The zero-order valence-electron chi connectivity index (χ0n) is 15.2. The minimum Gasteiger partial charge on any atom is -0.312 e. The predicted octanol–water partition coefficient (Wildman–Crippen LogP) is 1.23. The Morgan fingerprint density at radius 2 is 1.85 bits per heavy atom. The van der Waals surface area contributed by atoms with Gasteiger partial charge in [-0.05, 0) is 30.7 Å². The number of nitrogens with zero attached hydrogens (tertiary/aromatic N) is 3. The number of hydrogen-bond acceptors (Lipinski definition) is 5. The normalized spacial score (nSPS) is 23.6. The number of urea groups is 1. The van der Waals surface area contributed by atoms with Crippen LogP contribution in [0.1, 0.15) is 18.4 Å². The molecule has 1 N–H and O–H groups in total. The molecule has 0 bridgehead atoms. The molecule has 4 rings (SSSR count).